The van der Waals surface area contributed by atoms with Crippen LogP contribution < -0.4 is 16.4 Å². The van der Waals surface area contributed by atoms with Crippen molar-refractivity contribution in [2.24, 2.45) is 5.73 Å². The van der Waals surface area contributed by atoms with E-state index in [-0.39, 0.29) is 18.0 Å². The Balaban J connectivity index is 1.71. The van der Waals surface area contributed by atoms with Crippen LogP contribution in [0.4, 0.5) is 5.82 Å². The Morgan fingerprint density at radius 1 is 1.03 bits per heavy atom. The van der Waals surface area contributed by atoms with Gasteiger partial charge in [-0.25, -0.2) is 9.97 Å². The van der Waals surface area contributed by atoms with Crippen molar-refractivity contribution in [3.63, 3.8) is 0 Å². The van der Waals surface area contributed by atoms with Gasteiger partial charge in [0.05, 0.1) is 5.52 Å². The molecule has 166 valence electrons. The van der Waals surface area contributed by atoms with Gasteiger partial charge in [0.2, 0.25) is 0 Å². The number of nitrogens with two attached hydrogens (primary N) is 1. The zero-order valence-electron chi connectivity index (χ0n) is 18.5. The fraction of sp³-hybridized carbons (Fsp3) is 0.320. The lowest BCUT2D eigenvalue weighted by atomic mass is 9.90. The molecule has 32 heavy (non-hydrogen) atoms. The second kappa shape index (κ2) is 9.57. The van der Waals surface area contributed by atoms with Crippen LogP contribution >= 0.6 is 11.6 Å². The molecule has 0 saturated heterocycles. The fourth-order valence-electron chi connectivity index (χ4n) is 4.19. The van der Waals surface area contributed by atoms with Crippen molar-refractivity contribution in [1.82, 2.24) is 15.3 Å². The molecule has 0 amide bonds. The van der Waals surface area contributed by atoms with Gasteiger partial charge in [-0.2, -0.15) is 0 Å². The van der Waals surface area contributed by atoms with Crippen molar-refractivity contribution in [3.8, 4) is 0 Å². The van der Waals surface area contributed by atoms with Gasteiger partial charge in [-0.05, 0) is 73.7 Å². The van der Waals surface area contributed by atoms with E-state index in [0.29, 0.717) is 10.8 Å². The Hall–Kier alpha value is -3.12. The number of benzene rings is 2. The minimum Gasteiger partial charge on any atom is -0.370 e. The number of hydrogen-bond donors (Lipinski definition) is 4. The van der Waals surface area contributed by atoms with E-state index >= 15 is 0 Å². The van der Waals surface area contributed by atoms with Gasteiger partial charge < -0.3 is 16.4 Å². The maximum Gasteiger partial charge on any atom is 0.185 e. The van der Waals surface area contributed by atoms with Crippen molar-refractivity contribution in [3.05, 3.63) is 63.9 Å². The molecular formula is C25H29ClN6. The van der Waals surface area contributed by atoms with E-state index < -0.39 is 0 Å². The number of aryl methyl sites for hydroxylation is 2. The number of nitrogens with one attached hydrogen (secondary N) is 3. The predicted molar refractivity (Wildman–Crippen MR) is 134 cm³/mol. The zero-order chi connectivity index (χ0) is 22.7. The molecule has 1 aliphatic rings. The summed E-state index contributed by atoms with van der Waals surface area (Å²) in [6, 6.07) is 12.2. The van der Waals surface area contributed by atoms with E-state index in [4.69, 9.17) is 32.7 Å². The van der Waals surface area contributed by atoms with Crippen LogP contribution in [-0.2, 0) is 0 Å². The fourth-order valence-corrected chi connectivity index (χ4v) is 4.31. The molecular weight excluding hydrogens is 420 g/mol. The summed E-state index contributed by atoms with van der Waals surface area (Å²) in [5.41, 5.74) is 9.98. The second-order valence-electron chi connectivity index (χ2n) is 8.47. The first-order valence-electron chi connectivity index (χ1n) is 11.0. The van der Waals surface area contributed by atoms with Gasteiger partial charge >= 0.3 is 0 Å². The third-order valence-electron chi connectivity index (χ3n) is 6.05. The summed E-state index contributed by atoms with van der Waals surface area (Å²) in [4.78, 5) is 9.66. The highest BCUT2D eigenvalue weighted by Gasteiger charge is 2.26. The van der Waals surface area contributed by atoms with Gasteiger partial charge in [0.1, 0.15) is 5.82 Å². The summed E-state index contributed by atoms with van der Waals surface area (Å²) >= 11 is 6.00. The molecule has 7 heteroatoms. The summed E-state index contributed by atoms with van der Waals surface area (Å²) in [7, 11) is 0. The molecule has 1 saturated carbocycles. The topological polar surface area (TPSA) is 99.7 Å². The highest BCUT2D eigenvalue weighted by molar-refractivity contribution is 6.30. The molecule has 6 nitrogen and oxygen atoms in total. The van der Waals surface area contributed by atoms with E-state index in [1.165, 1.54) is 11.1 Å². The van der Waals surface area contributed by atoms with Crippen LogP contribution in [-0.4, -0.2) is 28.0 Å². The minimum absolute atomic E-state index is 0.00861. The minimum atomic E-state index is 0.00861. The van der Waals surface area contributed by atoms with Gasteiger partial charge in [0.25, 0.3) is 0 Å². The molecule has 1 aliphatic carbocycles. The number of guanidine groups is 1. The summed E-state index contributed by atoms with van der Waals surface area (Å²) in [5, 5.41) is 16.1. The van der Waals surface area contributed by atoms with E-state index in [1.54, 1.807) is 0 Å². The average molecular weight is 449 g/mol. The largest absolute Gasteiger partial charge is 0.370 e. The first-order chi connectivity index (χ1) is 15.4. The van der Waals surface area contributed by atoms with E-state index in [9.17, 15) is 0 Å². The Kier molecular flexibility index (Phi) is 6.61. The molecule has 1 heterocycles. The van der Waals surface area contributed by atoms with Crippen molar-refractivity contribution in [2.75, 3.05) is 5.32 Å². The van der Waals surface area contributed by atoms with Crippen molar-refractivity contribution in [1.29, 1.82) is 5.41 Å². The SMILES string of the molecule is Cc1cc2nc(C=Cc3ccc(Cl)cc3)nc(N[C@H]3CCCC[C@H]3NC(=N)N)c2cc1C. The Morgan fingerprint density at radius 2 is 1.72 bits per heavy atom. The van der Waals surface area contributed by atoms with Crippen molar-refractivity contribution in [2.45, 2.75) is 51.6 Å². The van der Waals surface area contributed by atoms with Gasteiger partial charge in [-0.15, -0.1) is 0 Å². The van der Waals surface area contributed by atoms with E-state index in [2.05, 4.69) is 36.6 Å². The quantitative estimate of drug-likeness (QED) is 0.314. The summed E-state index contributed by atoms with van der Waals surface area (Å²) < 4.78 is 0. The lowest BCUT2D eigenvalue weighted by Gasteiger charge is -2.33. The summed E-state index contributed by atoms with van der Waals surface area (Å²) in [6.07, 6.45) is 8.15. The smallest absolute Gasteiger partial charge is 0.185 e. The number of fused-ring (bicyclic) bond motifs is 1. The number of hydrogen-bond acceptors (Lipinski definition) is 4. The lowest BCUT2D eigenvalue weighted by molar-refractivity contribution is 0.377. The Morgan fingerprint density at radius 3 is 2.44 bits per heavy atom. The van der Waals surface area contributed by atoms with Crippen molar-refractivity contribution >= 4 is 46.4 Å². The first kappa shape index (κ1) is 22.1. The number of nitrogens with zero attached hydrogens (tertiary/aromatic N) is 2. The number of rotatable bonds is 5. The van der Waals surface area contributed by atoms with Crippen LogP contribution in [0.15, 0.2) is 36.4 Å². The molecule has 2 aromatic carbocycles. The van der Waals surface area contributed by atoms with Crippen LogP contribution in [0, 0.1) is 19.3 Å². The summed E-state index contributed by atoms with van der Waals surface area (Å²) in [6.45, 7) is 4.20. The maximum atomic E-state index is 7.66. The first-order valence-corrected chi connectivity index (χ1v) is 11.4. The molecule has 0 aliphatic heterocycles. The van der Waals surface area contributed by atoms with Crippen molar-refractivity contribution < 1.29 is 0 Å². The zero-order valence-corrected chi connectivity index (χ0v) is 19.2. The van der Waals surface area contributed by atoms with Crippen LogP contribution in [0.5, 0.6) is 0 Å². The summed E-state index contributed by atoms with van der Waals surface area (Å²) in [5.74, 6) is 1.47. The molecule has 0 radical (unpaired) electrons. The van der Waals surface area contributed by atoms with E-state index in [1.807, 2.05) is 36.4 Å². The number of halogens is 1. The molecule has 0 bridgehead atoms. The standard InChI is InChI=1S/C25H29ClN6/c1-15-13-19-22(14-16(15)2)29-23(12-9-17-7-10-18(26)11-8-17)32-24(19)30-20-5-3-4-6-21(20)31-25(27)28/h7-14,20-21H,3-6H2,1-2H3,(H4,27,28,31)(H,29,30,32)/t20-,21+/m0/s1. The second-order valence-corrected chi connectivity index (χ2v) is 8.91. The molecule has 0 spiro atoms. The van der Waals surface area contributed by atoms with Gasteiger partial charge in [0.15, 0.2) is 11.8 Å². The number of anilines is 1. The highest BCUT2D eigenvalue weighted by Crippen LogP contribution is 2.28. The average Bonchev–Trinajstić information content (AvgIpc) is 2.75. The molecule has 1 aromatic heterocycles. The van der Waals surface area contributed by atoms with Gasteiger partial charge in [-0.3, -0.25) is 5.41 Å². The normalized spacial score (nSPS) is 18.7. The molecule has 0 unspecified atom stereocenters. The monoisotopic (exact) mass is 448 g/mol. The lowest BCUT2D eigenvalue weighted by Crippen LogP contribution is -2.50. The molecule has 4 rings (SSSR count). The molecule has 1 fully saturated rings. The predicted octanol–water partition coefficient (Wildman–Crippen LogP) is 5.28. The molecule has 5 N–H and O–H groups in total. The number of aromatic nitrogens is 2. The van der Waals surface area contributed by atoms with Gasteiger partial charge in [-0.1, -0.05) is 42.7 Å². The third-order valence-corrected chi connectivity index (χ3v) is 6.30. The Labute approximate surface area is 193 Å². The third kappa shape index (κ3) is 5.19. The van der Waals surface area contributed by atoms with Crippen LogP contribution in [0.2, 0.25) is 5.02 Å². The molecule has 3 aromatic rings. The Bertz CT molecular complexity index is 1160. The van der Waals surface area contributed by atoms with E-state index in [0.717, 1.165) is 48.0 Å². The van der Waals surface area contributed by atoms with Gasteiger partial charge in [0, 0.05) is 22.5 Å². The highest BCUT2D eigenvalue weighted by atomic mass is 35.5. The maximum absolute atomic E-state index is 7.66. The van der Waals surface area contributed by atoms with Crippen LogP contribution in [0.1, 0.15) is 48.2 Å². The molecule has 2 atom stereocenters. The van der Waals surface area contributed by atoms with Crippen LogP contribution in [0.25, 0.3) is 23.1 Å². The van der Waals surface area contributed by atoms with Crippen LogP contribution in [0.3, 0.4) is 0 Å².